The third-order valence-electron chi connectivity index (χ3n) is 3.45. The van der Waals surface area contributed by atoms with E-state index in [2.05, 4.69) is 24.4 Å². The number of imidazole rings is 2. The molecule has 0 bridgehead atoms. The van der Waals surface area contributed by atoms with Gasteiger partial charge in [0.05, 0.1) is 12.0 Å². The minimum Gasteiger partial charge on any atom is -0.338 e. The lowest BCUT2D eigenvalue weighted by molar-refractivity contribution is 0.591. The maximum absolute atomic E-state index is 4.34. The molecule has 2 heterocycles. The first-order chi connectivity index (χ1) is 8.83. The molecule has 18 heavy (non-hydrogen) atoms. The van der Waals surface area contributed by atoms with Crippen LogP contribution < -0.4 is 5.32 Å². The zero-order valence-corrected chi connectivity index (χ0v) is 10.7. The predicted octanol–water partition coefficient (Wildman–Crippen LogP) is 1.11. The van der Waals surface area contributed by atoms with Gasteiger partial charge in [-0.25, -0.2) is 9.97 Å². The Morgan fingerprint density at radius 2 is 2.33 bits per heavy atom. The second kappa shape index (κ2) is 4.94. The van der Waals surface area contributed by atoms with Gasteiger partial charge in [-0.05, 0) is 12.8 Å². The fourth-order valence-electron chi connectivity index (χ4n) is 2.09. The van der Waals surface area contributed by atoms with Gasteiger partial charge in [0.25, 0.3) is 0 Å². The van der Waals surface area contributed by atoms with Crippen molar-refractivity contribution in [1.82, 2.24) is 24.4 Å². The Bertz CT molecular complexity index is 509. The van der Waals surface area contributed by atoms with Crippen LogP contribution in [-0.2, 0) is 26.6 Å². The van der Waals surface area contributed by atoms with E-state index >= 15 is 0 Å². The number of hydrogen-bond acceptors (Lipinski definition) is 3. The zero-order chi connectivity index (χ0) is 12.4. The molecule has 0 radical (unpaired) electrons. The van der Waals surface area contributed by atoms with E-state index < -0.39 is 0 Å². The van der Waals surface area contributed by atoms with E-state index in [-0.39, 0.29) is 0 Å². The van der Waals surface area contributed by atoms with Crippen molar-refractivity contribution in [2.24, 2.45) is 7.05 Å². The molecule has 1 fully saturated rings. The summed E-state index contributed by atoms with van der Waals surface area (Å²) in [5.41, 5.74) is 1.26. The van der Waals surface area contributed by atoms with Crippen LogP contribution in [0.3, 0.4) is 0 Å². The molecule has 0 amide bonds. The van der Waals surface area contributed by atoms with Crippen LogP contribution in [0.4, 0.5) is 0 Å². The van der Waals surface area contributed by atoms with E-state index in [1.54, 1.807) is 0 Å². The molecule has 0 unspecified atom stereocenters. The van der Waals surface area contributed by atoms with Crippen LogP contribution in [0.15, 0.2) is 24.9 Å². The summed E-state index contributed by atoms with van der Waals surface area (Å²) in [6.07, 6.45) is 11.3. The van der Waals surface area contributed by atoms with Gasteiger partial charge in [-0.2, -0.15) is 0 Å². The highest BCUT2D eigenvalue weighted by atomic mass is 15.1. The van der Waals surface area contributed by atoms with E-state index in [0.29, 0.717) is 0 Å². The minimum atomic E-state index is 0.739. The lowest BCUT2D eigenvalue weighted by atomic mass is 10.3. The molecule has 1 aliphatic carbocycles. The van der Waals surface area contributed by atoms with Crippen LogP contribution in [0.25, 0.3) is 0 Å². The Hall–Kier alpha value is -1.62. The highest BCUT2D eigenvalue weighted by Gasteiger charge is 2.20. The van der Waals surface area contributed by atoms with Crippen molar-refractivity contribution in [1.29, 1.82) is 0 Å². The van der Waals surface area contributed by atoms with Gasteiger partial charge in [-0.15, -0.1) is 0 Å². The fourth-order valence-corrected chi connectivity index (χ4v) is 2.09. The second-order valence-electron chi connectivity index (χ2n) is 4.94. The SMILES string of the molecule is Cn1ccnc1CCn1cncc1CNC1CC1. The fraction of sp³-hybridized carbons (Fsp3) is 0.538. The Morgan fingerprint density at radius 1 is 1.44 bits per heavy atom. The Kier molecular flexibility index (Phi) is 3.15. The highest BCUT2D eigenvalue weighted by molar-refractivity contribution is 5.00. The molecule has 96 valence electrons. The molecule has 2 aromatic rings. The predicted molar refractivity (Wildman–Crippen MR) is 69.0 cm³/mol. The molecular formula is C13H19N5. The maximum atomic E-state index is 4.34. The summed E-state index contributed by atoms with van der Waals surface area (Å²) in [6, 6.07) is 0.739. The first kappa shape index (κ1) is 11.5. The molecule has 1 saturated carbocycles. The monoisotopic (exact) mass is 245 g/mol. The summed E-state index contributed by atoms with van der Waals surface area (Å²) in [5, 5.41) is 3.52. The number of nitrogens with zero attached hydrogens (tertiary/aromatic N) is 4. The third kappa shape index (κ3) is 2.61. The van der Waals surface area contributed by atoms with Gasteiger partial charge in [-0.1, -0.05) is 0 Å². The number of hydrogen-bond donors (Lipinski definition) is 1. The van der Waals surface area contributed by atoms with Crippen molar-refractivity contribution in [3.63, 3.8) is 0 Å². The summed E-state index contributed by atoms with van der Waals surface area (Å²) < 4.78 is 4.28. The number of aryl methyl sites for hydroxylation is 3. The lowest BCUT2D eigenvalue weighted by Crippen LogP contribution is -2.18. The molecule has 0 aliphatic heterocycles. The average molecular weight is 245 g/mol. The van der Waals surface area contributed by atoms with E-state index in [4.69, 9.17) is 0 Å². The molecule has 2 aromatic heterocycles. The molecule has 0 aromatic carbocycles. The van der Waals surface area contributed by atoms with E-state index in [9.17, 15) is 0 Å². The van der Waals surface area contributed by atoms with E-state index in [1.807, 2.05) is 32.0 Å². The molecule has 0 saturated heterocycles. The molecule has 1 aliphatic rings. The van der Waals surface area contributed by atoms with E-state index in [1.165, 1.54) is 18.5 Å². The Balaban J connectivity index is 1.58. The van der Waals surface area contributed by atoms with Crippen LogP contribution >= 0.6 is 0 Å². The lowest BCUT2D eigenvalue weighted by Gasteiger charge is -2.08. The van der Waals surface area contributed by atoms with Gasteiger partial charge in [0.2, 0.25) is 0 Å². The van der Waals surface area contributed by atoms with Crippen molar-refractivity contribution in [3.8, 4) is 0 Å². The van der Waals surface area contributed by atoms with Gasteiger partial charge >= 0.3 is 0 Å². The topological polar surface area (TPSA) is 47.7 Å². The molecule has 0 spiro atoms. The van der Waals surface area contributed by atoms with Crippen LogP contribution in [0.5, 0.6) is 0 Å². The summed E-state index contributed by atoms with van der Waals surface area (Å²) in [5.74, 6) is 1.12. The standard InChI is InChI=1S/C13H19N5/c1-17-7-5-15-13(17)4-6-18-10-14-8-12(18)9-16-11-2-3-11/h5,7-8,10-11,16H,2-4,6,9H2,1H3. The summed E-state index contributed by atoms with van der Waals surface area (Å²) in [4.78, 5) is 8.58. The average Bonchev–Trinajstić information content (AvgIpc) is 2.94. The summed E-state index contributed by atoms with van der Waals surface area (Å²) in [7, 11) is 2.03. The smallest absolute Gasteiger partial charge is 0.110 e. The summed E-state index contributed by atoms with van der Waals surface area (Å²) in [6.45, 7) is 1.86. The Labute approximate surface area is 107 Å². The number of nitrogens with one attached hydrogen (secondary N) is 1. The number of rotatable bonds is 6. The molecule has 5 heteroatoms. The van der Waals surface area contributed by atoms with Gasteiger partial charge in [0.15, 0.2) is 0 Å². The summed E-state index contributed by atoms with van der Waals surface area (Å²) >= 11 is 0. The van der Waals surface area contributed by atoms with Gasteiger partial charge in [-0.3, -0.25) is 0 Å². The Morgan fingerprint density at radius 3 is 3.06 bits per heavy atom. The van der Waals surface area contributed by atoms with Gasteiger partial charge < -0.3 is 14.5 Å². The normalized spacial score (nSPS) is 15.2. The van der Waals surface area contributed by atoms with Crippen molar-refractivity contribution >= 4 is 0 Å². The molecule has 5 nitrogen and oxygen atoms in total. The second-order valence-corrected chi connectivity index (χ2v) is 4.94. The molecule has 3 rings (SSSR count). The third-order valence-corrected chi connectivity index (χ3v) is 3.45. The quantitative estimate of drug-likeness (QED) is 0.829. The maximum Gasteiger partial charge on any atom is 0.110 e. The largest absolute Gasteiger partial charge is 0.338 e. The molecular weight excluding hydrogens is 226 g/mol. The number of aromatic nitrogens is 4. The van der Waals surface area contributed by atoms with Gasteiger partial charge in [0, 0.05) is 51.2 Å². The molecule has 1 N–H and O–H groups in total. The van der Waals surface area contributed by atoms with Crippen LogP contribution in [0, 0.1) is 0 Å². The van der Waals surface area contributed by atoms with Crippen LogP contribution in [0.1, 0.15) is 24.4 Å². The van der Waals surface area contributed by atoms with Crippen LogP contribution in [0.2, 0.25) is 0 Å². The van der Waals surface area contributed by atoms with Crippen molar-refractivity contribution < 1.29 is 0 Å². The van der Waals surface area contributed by atoms with E-state index in [0.717, 1.165) is 31.4 Å². The highest BCUT2D eigenvalue weighted by Crippen LogP contribution is 2.19. The molecule has 0 atom stereocenters. The first-order valence-electron chi connectivity index (χ1n) is 6.51. The van der Waals surface area contributed by atoms with Crippen molar-refractivity contribution in [2.75, 3.05) is 0 Å². The minimum absolute atomic E-state index is 0.739. The van der Waals surface area contributed by atoms with Crippen LogP contribution in [-0.4, -0.2) is 25.1 Å². The zero-order valence-electron chi connectivity index (χ0n) is 10.7. The first-order valence-corrected chi connectivity index (χ1v) is 6.51. The van der Waals surface area contributed by atoms with Gasteiger partial charge in [0.1, 0.15) is 5.82 Å². The van der Waals surface area contributed by atoms with Crippen molar-refractivity contribution in [2.45, 2.75) is 38.4 Å². The van der Waals surface area contributed by atoms with Crippen molar-refractivity contribution in [3.05, 3.63) is 36.4 Å².